The number of hydrogen-bond acceptors (Lipinski definition) is 2. The molecule has 0 atom stereocenters. The third-order valence-electron chi connectivity index (χ3n) is 23.3. The molecule has 0 bridgehead atoms. The van der Waals surface area contributed by atoms with Crippen LogP contribution in [0.1, 0.15) is 94.1 Å². The molecule has 0 fully saturated rings. The average Bonchev–Trinajstić information content (AvgIpc) is 1.50. The number of hydrogen-bond donors (Lipinski definition) is 0. The van der Waals surface area contributed by atoms with Crippen LogP contribution in [0, 0.1) is 0 Å². The molecule has 2 aromatic heterocycles. The molecule has 0 unspecified atom stereocenters. The second kappa shape index (κ2) is 24.2. The van der Waals surface area contributed by atoms with Crippen LogP contribution in [0.2, 0.25) is 0 Å². The molecule has 0 radical (unpaired) electrons. The van der Waals surface area contributed by atoms with Gasteiger partial charge in [-0.05, 0) is 177 Å². The topological polar surface area (TPSA) is 13.1 Å². The molecule has 0 N–H and O–H groups in total. The molecule has 0 amide bonds. The van der Waals surface area contributed by atoms with Gasteiger partial charge >= 0.3 is 0 Å². The summed E-state index contributed by atoms with van der Waals surface area (Å²) in [7, 11) is 0. The van der Waals surface area contributed by atoms with E-state index in [1.54, 1.807) is 16.3 Å². The molecule has 520 valence electrons. The highest BCUT2D eigenvalue weighted by molar-refractivity contribution is 8.00. The first-order valence-corrected chi connectivity index (χ1v) is 38.4. The highest BCUT2D eigenvalue weighted by Crippen LogP contribution is 2.65. The minimum Gasteiger partial charge on any atom is -0.310 e. The van der Waals surface area contributed by atoms with Gasteiger partial charge in [0.05, 0.1) is 52.4 Å². The third-order valence-corrected chi connectivity index (χ3v) is 24.5. The van der Waals surface area contributed by atoms with Crippen molar-refractivity contribution in [3.63, 3.8) is 0 Å². The molecule has 2 aliphatic carbocycles. The van der Waals surface area contributed by atoms with Crippen LogP contribution in [0.4, 0.5) is 17.1 Å². The summed E-state index contributed by atoms with van der Waals surface area (Å²) < 4.78 is 141. The van der Waals surface area contributed by atoms with E-state index in [4.69, 9.17) is 2.74 Å². The van der Waals surface area contributed by atoms with Crippen LogP contribution in [0.5, 0.6) is 0 Å². The summed E-state index contributed by atoms with van der Waals surface area (Å²) >= 11 is 1.71. The highest BCUT2D eigenvalue weighted by Gasteiger charge is 2.54. The predicted octanol–water partition coefficient (Wildman–Crippen LogP) is 25.9. The smallest absolute Gasteiger partial charge is 0.249 e. The zero-order chi connectivity index (χ0) is 85.7. The van der Waals surface area contributed by atoms with Crippen LogP contribution in [0.25, 0.3) is 133 Å². The molecule has 22 rings (SSSR count). The van der Waals surface area contributed by atoms with E-state index in [1.807, 2.05) is 89.5 Å². The monoisotopic (exact) mass is 1440 g/mol. The minimum atomic E-state index is -0.968. The SMILES string of the molecule is [2H]c1c([2H])c([2H])c2c(c1[2H])c1c([2H])c([2H])c([2H])c([2H])c1n2-c1ccc2c(c1)-c1c(ccc3c1Sc1cc(-c4cc(C(C)(C)C)cc(C(C)(C)C)c4)cc4c1B3c1ccc(-n3c5c([2H])c(-c6ccccc6)c([2H])c([2H])c5c5c([2H])c([2H])c(-c6ccccc6)c([2H])c53)cc1N4c1c(-c3ccccc3)cccc1-c1ccccc1)C21c2ccccc2-c2ccccc21. The van der Waals surface area contributed by atoms with E-state index in [1.165, 1.54) is 0 Å². The van der Waals surface area contributed by atoms with Gasteiger partial charge in [0.2, 0.25) is 6.71 Å². The maximum absolute atomic E-state index is 10.7. The van der Waals surface area contributed by atoms with Crippen LogP contribution in [-0.4, -0.2) is 15.8 Å². The van der Waals surface area contributed by atoms with E-state index < -0.39 is 60.5 Å². The second-order valence-corrected chi connectivity index (χ2v) is 32.6. The number of para-hydroxylation sites is 3. The van der Waals surface area contributed by atoms with Crippen molar-refractivity contribution in [1.29, 1.82) is 0 Å². The molecule has 3 nitrogen and oxygen atoms in total. The van der Waals surface area contributed by atoms with Gasteiger partial charge in [-0.1, -0.05) is 350 Å². The van der Waals surface area contributed by atoms with Gasteiger partial charge in [-0.25, -0.2) is 0 Å². The molecule has 0 saturated heterocycles. The summed E-state index contributed by atoms with van der Waals surface area (Å²) in [6, 6.07) is 87.2. The Bertz CT molecular complexity index is 7460. The zero-order valence-electron chi connectivity index (χ0n) is 75.2. The zero-order valence-corrected chi connectivity index (χ0v) is 62.0. The van der Waals surface area contributed by atoms with Gasteiger partial charge < -0.3 is 14.0 Å². The lowest BCUT2D eigenvalue weighted by molar-refractivity contribution is 0.569. The van der Waals surface area contributed by atoms with Crippen molar-refractivity contribution in [2.75, 3.05) is 4.90 Å². The van der Waals surface area contributed by atoms with E-state index in [9.17, 15) is 16.4 Å². The summed E-state index contributed by atoms with van der Waals surface area (Å²) in [4.78, 5) is 4.36. The third kappa shape index (κ3) is 9.53. The Kier molecular flexibility index (Phi) is 11.3. The van der Waals surface area contributed by atoms with E-state index >= 15 is 0 Å². The number of fused-ring (bicyclic) bond motifs is 21. The van der Waals surface area contributed by atoms with Crippen molar-refractivity contribution in [3.8, 4) is 89.3 Å². The fourth-order valence-corrected chi connectivity index (χ4v) is 19.6. The van der Waals surface area contributed by atoms with Gasteiger partial charge in [0, 0.05) is 70.8 Å². The molecule has 5 heteroatoms. The first-order valence-electron chi connectivity index (χ1n) is 44.6. The molecular weight excluding hydrogens is 1350 g/mol. The first kappa shape index (κ1) is 51.6. The fourth-order valence-electron chi connectivity index (χ4n) is 18.3. The highest BCUT2D eigenvalue weighted by atomic mass is 32.2. The summed E-state index contributed by atoms with van der Waals surface area (Å²) in [5, 5.41) is 0.200. The predicted molar refractivity (Wildman–Crippen MR) is 466 cm³/mol. The van der Waals surface area contributed by atoms with Crippen LogP contribution in [0.15, 0.2) is 361 Å². The van der Waals surface area contributed by atoms with Crippen molar-refractivity contribution in [2.24, 2.45) is 0 Å². The van der Waals surface area contributed by atoms with E-state index in [-0.39, 0.29) is 102 Å². The van der Waals surface area contributed by atoms with Crippen molar-refractivity contribution in [1.82, 2.24) is 9.13 Å². The van der Waals surface area contributed by atoms with Crippen molar-refractivity contribution >= 4 is 95.5 Å². The Morgan fingerprint density at radius 2 is 0.791 bits per heavy atom. The molecule has 18 aromatic rings. The molecule has 1 spiro atoms. The van der Waals surface area contributed by atoms with Crippen molar-refractivity contribution < 1.29 is 19.2 Å². The fraction of sp³-hybridized carbons (Fsp3) is 0.0857. The molecular formula is C105H76BN3S. The van der Waals surface area contributed by atoms with E-state index in [2.05, 4.69) is 228 Å². The lowest BCUT2D eigenvalue weighted by Gasteiger charge is -2.42. The molecule has 16 aromatic carbocycles. The van der Waals surface area contributed by atoms with Crippen LogP contribution in [0.3, 0.4) is 0 Å². The van der Waals surface area contributed by atoms with Crippen LogP contribution >= 0.6 is 11.8 Å². The summed E-state index contributed by atoms with van der Waals surface area (Å²) in [5.74, 6) is 0. The van der Waals surface area contributed by atoms with Crippen molar-refractivity contribution in [3.05, 3.63) is 385 Å². The molecule has 4 heterocycles. The summed E-state index contributed by atoms with van der Waals surface area (Å²) in [6.07, 6.45) is 0. The number of anilines is 3. The summed E-state index contributed by atoms with van der Waals surface area (Å²) in [6.45, 7) is 13.0. The molecule has 0 saturated carbocycles. The van der Waals surface area contributed by atoms with Crippen LogP contribution in [-0.2, 0) is 16.2 Å². The quantitative estimate of drug-likeness (QED) is 0.141. The Morgan fingerprint density at radius 3 is 1.35 bits per heavy atom. The van der Waals surface area contributed by atoms with Gasteiger partial charge in [0.15, 0.2) is 0 Å². The van der Waals surface area contributed by atoms with E-state index in [0.29, 0.717) is 22.5 Å². The molecule has 110 heavy (non-hydrogen) atoms. The minimum absolute atomic E-state index is 0.0164. The Morgan fingerprint density at radius 1 is 0.336 bits per heavy atom. The first-order chi connectivity index (χ1) is 59.7. The maximum Gasteiger partial charge on any atom is 0.249 e. The number of nitrogens with zero attached hydrogens (tertiary/aromatic N) is 3. The van der Waals surface area contributed by atoms with Gasteiger partial charge in [-0.3, -0.25) is 0 Å². The van der Waals surface area contributed by atoms with Gasteiger partial charge in [-0.15, -0.1) is 0 Å². The van der Waals surface area contributed by atoms with E-state index in [0.717, 1.165) is 132 Å². The number of aromatic nitrogens is 2. The van der Waals surface area contributed by atoms with Crippen molar-refractivity contribution in [2.45, 2.75) is 67.6 Å². The standard InChI is InChI=1S/C105H76BN3S/c1-103(2,3)73-56-71(57-74(62-73)104(4,5)6)72-60-97-100-98(61-72)110-102-91(55-53-89-99(102)85-63-75(107-92-44-25-21-38-81(92)82-39-22-26-45-93(82)107)48-52-88(85)105(89)86-42-23-19-36-79(86)80-37-20-24-43-87(80)105)106(100)90-54-49-76(64-96(90)109(97)101-77(67-32-15-9-16-33-67)40-27-41-78(101)68-34-17-10-18-35-68)108-94-58-69(65-28-11-7-12-29-65)46-50-83(94)84-51-47-70(59-95(84)108)66-30-13-8-14-31-66/h7-64H,1-6H3/i21D,22D,25D,26D,38D,39D,44D,45D,46D,47D,50D,51D,58D,59D. The molecule has 2 aliphatic heterocycles. The average molecular weight is 1440 g/mol. The Labute approximate surface area is 666 Å². The Balaban J connectivity index is 0.913. The largest absolute Gasteiger partial charge is 0.310 e. The maximum atomic E-state index is 10.7. The van der Waals surface area contributed by atoms with Crippen LogP contribution < -0.4 is 21.3 Å². The number of rotatable bonds is 8. The van der Waals surface area contributed by atoms with Gasteiger partial charge in [-0.2, -0.15) is 0 Å². The normalized spacial score (nSPS) is 15.3. The molecule has 4 aliphatic rings. The lowest BCUT2D eigenvalue weighted by Crippen LogP contribution is -2.60. The number of benzene rings is 16. The summed E-state index contributed by atoms with van der Waals surface area (Å²) in [5.41, 5.74) is 22.6. The van der Waals surface area contributed by atoms with Gasteiger partial charge in [0.25, 0.3) is 0 Å². The van der Waals surface area contributed by atoms with Gasteiger partial charge in [0.1, 0.15) is 0 Å². The Hall–Kier alpha value is -12.7. The second-order valence-electron chi connectivity index (χ2n) is 31.5. The lowest BCUT2D eigenvalue weighted by atomic mass is 9.34.